The van der Waals surface area contributed by atoms with Crippen LogP contribution in [0, 0.1) is 0 Å². The molecule has 1 saturated heterocycles. The predicted molar refractivity (Wildman–Crippen MR) is 122 cm³/mol. The van der Waals surface area contributed by atoms with E-state index in [1.54, 1.807) is 18.3 Å². The van der Waals surface area contributed by atoms with E-state index >= 15 is 0 Å². The van der Waals surface area contributed by atoms with Crippen molar-refractivity contribution >= 4 is 22.8 Å². The molecule has 5 rings (SSSR count). The Bertz CT molecular complexity index is 1250. The molecule has 4 heterocycles. The van der Waals surface area contributed by atoms with Gasteiger partial charge in [-0.1, -0.05) is 12.1 Å². The Morgan fingerprint density at radius 2 is 1.88 bits per heavy atom. The number of aromatic amines is 1. The Kier molecular flexibility index (Phi) is 5.93. The lowest BCUT2D eigenvalue weighted by Crippen LogP contribution is -2.44. The van der Waals surface area contributed by atoms with Crippen molar-refractivity contribution in [2.75, 3.05) is 26.2 Å². The van der Waals surface area contributed by atoms with E-state index in [4.69, 9.17) is 0 Å². The molecule has 33 heavy (non-hydrogen) atoms. The van der Waals surface area contributed by atoms with E-state index in [-0.39, 0.29) is 11.7 Å². The Hall–Kier alpha value is -3.50. The highest BCUT2D eigenvalue weighted by molar-refractivity contribution is 5.84. The molecule has 4 aromatic rings. The van der Waals surface area contributed by atoms with E-state index in [1.807, 2.05) is 18.2 Å². The van der Waals surface area contributed by atoms with Crippen LogP contribution in [0.2, 0.25) is 0 Å². The first kappa shape index (κ1) is 21.4. The van der Waals surface area contributed by atoms with Crippen molar-refractivity contribution in [3.8, 4) is 11.3 Å². The van der Waals surface area contributed by atoms with Crippen LogP contribution in [0.5, 0.6) is 0 Å². The summed E-state index contributed by atoms with van der Waals surface area (Å²) in [5, 5.41) is 7.95. The Morgan fingerprint density at radius 3 is 2.70 bits per heavy atom. The fourth-order valence-corrected chi connectivity index (χ4v) is 4.00. The number of hydrogen-bond acceptors (Lipinski definition) is 6. The zero-order valence-corrected chi connectivity index (χ0v) is 18.0. The third kappa shape index (κ3) is 4.67. The van der Waals surface area contributed by atoms with Gasteiger partial charge in [0.1, 0.15) is 12.0 Å². The Labute approximate surface area is 189 Å². The van der Waals surface area contributed by atoms with Gasteiger partial charge in [-0.3, -0.25) is 4.90 Å². The van der Waals surface area contributed by atoms with Gasteiger partial charge < -0.3 is 25.6 Å². The van der Waals surface area contributed by atoms with Crippen LogP contribution in [0.3, 0.4) is 0 Å². The molecule has 0 amide bonds. The quantitative estimate of drug-likeness (QED) is 0.445. The Balaban J connectivity index is 1.36. The summed E-state index contributed by atoms with van der Waals surface area (Å²) in [4.78, 5) is 22.2. The standard InChI is InChI=1S/C23H23F2N8/c1-14(33-8-6-26-7-9-33)15-4-5-27-21(11-15)32-23-30-17-3-2-16(10-19(17)31-23)18-12-20(22(24)25)29-13-28-18/h2-5,10-14,22,26H,6-9H2,1H3,(H-,27,30,31,32)/q-1. The number of aromatic nitrogens is 5. The zero-order chi connectivity index (χ0) is 22.8. The van der Waals surface area contributed by atoms with Gasteiger partial charge in [0.25, 0.3) is 6.43 Å². The van der Waals surface area contributed by atoms with Crippen LogP contribution in [0.15, 0.2) is 48.9 Å². The molecule has 170 valence electrons. The fraction of sp³-hybridized carbons (Fsp3) is 0.304. The third-order valence-corrected chi connectivity index (χ3v) is 5.85. The number of rotatable bonds is 6. The van der Waals surface area contributed by atoms with Crippen molar-refractivity contribution in [1.82, 2.24) is 35.1 Å². The highest BCUT2D eigenvalue weighted by Crippen LogP contribution is 2.32. The topological polar surface area (TPSA) is 96.7 Å². The van der Waals surface area contributed by atoms with Crippen molar-refractivity contribution in [2.24, 2.45) is 0 Å². The van der Waals surface area contributed by atoms with Crippen molar-refractivity contribution in [3.63, 3.8) is 0 Å². The van der Waals surface area contributed by atoms with E-state index in [1.165, 1.54) is 6.07 Å². The van der Waals surface area contributed by atoms with Gasteiger partial charge in [-0.15, -0.1) is 0 Å². The number of nitrogens with one attached hydrogen (secondary N) is 2. The van der Waals surface area contributed by atoms with Gasteiger partial charge in [-0.2, -0.15) is 0 Å². The number of hydrogen-bond donors (Lipinski definition) is 2. The van der Waals surface area contributed by atoms with Crippen LogP contribution in [-0.4, -0.2) is 56.0 Å². The number of nitrogens with zero attached hydrogens (tertiary/aromatic N) is 6. The number of piperazine rings is 1. The minimum atomic E-state index is -2.65. The van der Waals surface area contributed by atoms with Gasteiger partial charge in [0, 0.05) is 54.6 Å². The number of benzene rings is 1. The van der Waals surface area contributed by atoms with Crippen LogP contribution in [-0.2, 0) is 0 Å². The van der Waals surface area contributed by atoms with Crippen LogP contribution in [0.1, 0.15) is 30.6 Å². The molecule has 0 aliphatic carbocycles. The maximum atomic E-state index is 13.0. The van der Waals surface area contributed by atoms with E-state index in [2.05, 4.69) is 47.4 Å². The smallest absolute Gasteiger partial charge is 0.280 e. The highest BCUT2D eigenvalue weighted by atomic mass is 19.3. The average molecular weight is 449 g/mol. The second-order valence-corrected chi connectivity index (χ2v) is 7.94. The van der Waals surface area contributed by atoms with Gasteiger partial charge in [-0.05, 0) is 42.9 Å². The summed E-state index contributed by atoms with van der Waals surface area (Å²) in [5.74, 6) is 1.00. The van der Waals surface area contributed by atoms with E-state index in [0.29, 0.717) is 28.5 Å². The molecule has 1 atom stereocenters. The van der Waals surface area contributed by atoms with Crippen molar-refractivity contribution in [3.05, 3.63) is 65.5 Å². The molecular formula is C23H23F2N8-. The molecule has 1 unspecified atom stereocenters. The van der Waals surface area contributed by atoms with Gasteiger partial charge in [0.2, 0.25) is 0 Å². The van der Waals surface area contributed by atoms with Gasteiger partial charge in [0.05, 0.1) is 11.6 Å². The molecule has 2 N–H and O–H groups in total. The lowest BCUT2D eigenvalue weighted by Gasteiger charge is -2.33. The van der Waals surface area contributed by atoms with Crippen molar-refractivity contribution in [2.45, 2.75) is 19.4 Å². The fourth-order valence-electron chi connectivity index (χ4n) is 4.00. The maximum absolute atomic E-state index is 13.0. The molecule has 1 aliphatic rings. The number of alkyl halides is 2. The van der Waals surface area contributed by atoms with Gasteiger partial charge in [-0.25, -0.2) is 18.7 Å². The zero-order valence-electron chi connectivity index (χ0n) is 18.0. The van der Waals surface area contributed by atoms with E-state index in [0.717, 1.165) is 43.6 Å². The van der Waals surface area contributed by atoms with Gasteiger partial charge in [0.15, 0.2) is 0 Å². The summed E-state index contributed by atoms with van der Waals surface area (Å²) in [6, 6.07) is 11.0. The van der Waals surface area contributed by atoms with E-state index < -0.39 is 6.43 Å². The summed E-state index contributed by atoms with van der Waals surface area (Å²) < 4.78 is 26.0. The number of fused-ring (bicyclic) bond motifs is 1. The largest absolute Gasteiger partial charge is 0.389 e. The predicted octanol–water partition coefficient (Wildman–Crippen LogP) is 4.66. The number of H-pyrrole nitrogens is 1. The molecule has 1 aliphatic heterocycles. The molecule has 0 spiro atoms. The first-order chi connectivity index (χ1) is 16.1. The normalized spacial score (nSPS) is 15.8. The molecule has 10 heteroatoms. The van der Waals surface area contributed by atoms with Crippen molar-refractivity contribution in [1.29, 1.82) is 0 Å². The molecular weight excluding hydrogens is 426 g/mol. The van der Waals surface area contributed by atoms with Crippen LogP contribution < -0.4 is 5.32 Å². The van der Waals surface area contributed by atoms with Crippen LogP contribution in [0.4, 0.5) is 20.5 Å². The van der Waals surface area contributed by atoms with Gasteiger partial charge >= 0.3 is 0 Å². The van der Waals surface area contributed by atoms with Crippen LogP contribution >= 0.6 is 0 Å². The summed E-state index contributed by atoms with van der Waals surface area (Å²) in [7, 11) is 0. The number of imidazole rings is 1. The number of halogens is 2. The third-order valence-electron chi connectivity index (χ3n) is 5.85. The summed E-state index contributed by atoms with van der Waals surface area (Å²) in [5.41, 5.74) is 3.40. The Morgan fingerprint density at radius 1 is 1.03 bits per heavy atom. The second kappa shape index (κ2) is 9.16. The molecule has 0 radical (unpaired) electrons. The highest BCUT2D eigenvalue weighted by Gasteiger charge is 2.18. The minimum absolute atomic E-state index is 0.272. The maximum Gasteiger partial charge on any atom is 0.280 e. The first-order valence-corrected chi connectivity index (χ1v) is 10.8. The van der Waals surface area contributed by atoms with E-state index in [9.17, 15) is 8.78 Å². The SMILES string of the molecule is CC(c1ccnc([N-]c2nc3ccc(-c4cc(C(F)F)ncn4)cc3[nH]2)c1)N1CCNCC1. The lowest BCUT2D eigenvalue weighted by atomic mass is 10.1. The average Bonchev–Trinajstić information content (AvgIpc) is 3.25. The molecule has 8 nitrogen and oxygen atoms in total. The summed E-state index contributed by atoms with van der Waals surface area (Å²) in [6.45, 7) is 6.19. The monoisotopic (exact) mass is 449 g/mol. The van der Waals surface area contributed by atoms with Crippen LogP contribution in [0.25, 0.3) is 27.6 Å². The molecule has 3 aromatic heterocycles. The van der Waals surface area contributed by atoms with Crippen molar-refractivity contribution < 1.29 is 8.78 Å². The number of pyridine rings is 1. The minimum Gasteiger partial charge on any atom is -0.389 e. The summed E-state index contributed by atoms with van der Waals surface area (Å²) >= 11 is 0. The second-order valence-electron chi connectivity index (χ2n) is 7.94. The molecule has 0 saturated carbocycles. The lowest BCUT2D eigenvalue weighted by molar-refractivity contribution is 0.146. The first-order valence-electron chi connectivity index (χ1n) is 10.8. The molecule has 1 fully saturated rings. The molecule has 0 bridgehead atoms. The summed E-state index contributed by atoms with van der Waals surface area (Å²) in [6.07, 6.45) is 0.267. The molecule has 1 aromatic carbocycles.